The van der Waals surface area contributed by atoms with Crippen molar-refractivity contribution in [2.75, 3.05) is 7.11 Å². The third-order valence-electron chi connectivity index (χ3n) is 3.04. The van der Waals surface area contributed by atoms with Crippen LogP contribution in [0.4, 0.5) is 0 Å². The van der Waals surface area contributed by atoms with Gasteiger partial charge in [-0.25, -0.2) is 0 Å². The summed E-state index contributed by atoms with van der Waals surface area (Å²) in [4.78, 5) is 0. The molecular formula is C11H16O3. The third kappa shape index (κ3) is 1.47. The van der Waals surface area contributed by atoms with Crippen molar-refractivity contribution in [3.8, 4) is 0 Å². The first-order valence-electron chi connectivity index (χ1n) is 5.06. The number of ether oxygens (including phenoxy) is 1. The Morgan fingerprint density at radius 3 is 3.07 bits per heavy atom. The molecule has 2 rings (SSSR count). The number of hydrogen-bond acceptors (Lipinski definition) is 3. The van der Waals surface area contributed by atoms with Crippen LogP contribution in [0.3, 0.4) is 0 Å². The van der Waals surface area contributed by atoms with E-state index in [4.69, 9.17) is 9.15 Å². The average molecular weight is 196 g/mol. The quantitative estimate of drug-likeness (QED) is 0.787. The van der Waals surface area contributed by atoms with Crippen LogP contribution >= 0.6 is 0 Å². The molecule has 2 unspecified atom stereocenters. The Kier molecular flexibility index (Phi) is 2.61. The maximum atomic E-state index is 10.5. The van der Waals surface area contributed by atoms with E-state index in [9.17, 15) is 5.11 Å². The zero-order valence-electron chi connectivity index (χ0n) is 8.40. The lowest BCUT2D eigenvalue weighted by Crippen LogP contribution is -2.43. The maximum absolute atomic E-state index is 10.5. The smallest absolute Gasteiger partial charge is 0.148 e. The molecule has 1 N–H and O–H groups in total. The molecule has 1 fully saturated rings. The lowest BCUT2D eigenvalue weighted by Gasteiger charge is -2.37. The molecule has 78 valence electrons. The van der Waals surface area contributed by atoms with Crippen molar-refractivity contribution in [2.45, 2.75) is 37.4 Å². The van der Waals surface area contributed by atoms with E-state index in [2.05, 4.69) is 0 Å². The minimum atomic E-state index is -0.920. The van der Waals surface area contributed by atoms with Gasteiger partial charge >= 0.3 is 0 Å². The predicted molar refractivity (Wildman–Crippen MR) is 51.9 cm³/mol. The summed E-state index contributed by atoms with van der Waals surface area (Å²) in [6.45, 7) is 0. The molecule has 0 saturated heterocycles. The zero-order valence-corrected chi connectivity index (χ0v) is 8.40. The van der Waals surface area contributed by atoms with E-state index in [0.717, 1.165) is 25.7 Å². The molecule has 1 aromatic rings. The minimum Gasteiger partial charge on any atom is -0.466 e. The van der Waals surface area contributed by atoms with Crippen molar-refractivity contribution in [1.29, 1.82) is 0 Å². The predicted octanol–water partition coefficient (Wildman–Crippen LogP) is 2.06. The fourth-order valence-electron chi connectivity index (χ4n) is 2.24. The highest BCUT2D eigenvalue weighted by atomic mass is 16.5. The first-order valence-corrected chi connectivity index (χ1v) is 5.06. The molecule has 0 aromatic carbocycles. The van der Waals surface area contributed by atoms with Crippen LogP contribution < -0.4 is 0 Å². The van der Waals surface area contributed by atoms with Gasteiger partial charge in [-0.3, -0.25) is 0 Å². The summed E-state index contributed by atoms with van der Waals surface area (Å²) in [5.74, 6) is 0.629. The molecule has 1 aliphatic carbocycles. The highest BCUT2D eigenvalue weighted by Gasteiger charge is 2.42. The van der Waals surface area contributed by atoms with Gasteiger partial charge in [0.05, 0.1) is 12.4 Å². The van der Waals surface area contributed by atoms with E-state index < -0.39 is 5.60 Å². The third-order valence-corrected chi connectivity index (χ3v) is 3.04. The molecule has 0 amide bonds. The molecule has 0 aliphatic heterocycles. The van der Waals surface area contributed by atoms with Crippen LogP contribution in [0.5, 0.6) is 0 Å². The average Bonchev–Trinajstić information content (AvgIpc) is 2.72. The fourth-order valence-corrected chi connectivity index (χ4v) is 2.24. The molecule has 1 saturated carbocycles. The van der Waals surface area contributed by atoms with Crippen LogP contribution in [0.1, 0.15) is 31.4 Å². The van der Waals surface area contributed by atoms with Gasteiger partial charge in [0.2, 0.25) is 0 Å². The van der Waals surface area contributed by atoms with E-state index in [0.29, 0.717) is 5.76 Å². The highest BCUT2D eigenvalue weighted by molar-refractivity contribution is 5.13. The Morgan fingerprint density at radius 2 is 2.43 bits per heavy atom. The first-order chi connectivity index (χ1) is 6.77. The molecule has 1 aromatic heterocycles. The van der Waals surface area contributed by atoms with Gasteiger partial charge in [-0.2, -0.15) is 0 Å². The second kappa shape index (κ2) is 3.75. The van der Waals surface area contributed by atoms with Crippen molar-refractivity contribution >= 4 is 0 Å². The first kappa shape index (κ1) is 9.74. The monoisotopic (exact) mass is 196 g/mol. The molecule has 0 bridgehead atoms. The van der Waals surface area contributed by atoms with E-state index in [1.165, 1.54) is 0 Å². The second-order valence-corrected chi connectivity index (χ2v) is 3.87. The summed E-state index contributed by atoms with van der Waals surface area (Å²) in [6, 6.07) is 3.62. The summed E-state index contributed by atoms with van der Waals surface area (Å²) < 4.78 is 10.6. The van der Waals surface area contributed by atoms with Crippen LogP contribution in [0.2, 0.25) is 0 Å². The Labute approximate surface area is 83.7 Å². The minimum absolute atomic E-state index is 0.137. The zero-order chi connectivity index (χ0) is 10.0. The van der Waals surface area contributed by atoms with Crippen molar-refractivity contribution in [3.63, 3.8) is 0 Å². The van der Waals surface area contributed by atoms with Crippen LogP contribution in [-0.4, -0.2) is 18.3 Å². The van der Waals surface area contributed by atoms with Gasteiger partial charge in [-0.15, -0.1) is 0 Å². The summed E-state index contributed by atoms with van der Waals surface area (Å²) in [5, 5.41) is 10.5. The summed E-state index contributed by atoms with van der Waals surface area (Å²) in [6.07, 6.45) is 5.21. The number of aliphatic hydroxyl groups is 1. The van der Waals surface area contributed by atoms with Gasteiger partial charge < -0.3 is 14.3 Å². The molecule has 0 spiro atoms. The van der Waals surface area contributed by atoms with E-state index >= 15 is 0 Å². The molecule has 3 heteroatoms. The highest BCUT2D eigenvalue weighted by Crippen LogP contribution is 2.38. The van der Waals surface area contributed by atoms with Gasteiger partial charge in [0.25, 0.3) is 0 Å². The topological polar surface area (TPSA) is 42.6 Å². The van der Waals surface area contributed by atoms with Crippen molar-refractivity contribution in [3.05, 3.63) is 24.2 Å². The van der Waals surface area contributed by atoms with Gasteiger partial charge in [0, 0.05) is 7.11 Å². The molecule has 1 aliphatic rings. The summed E-state index contributed by atoms with van der Waals surface area (Å²) in [5.41, 5.74) is -0.920. The maximum Gasteiger partial charge on any atom is 0.148 e. The Morgan fingerprint density at radius 1 is 1.57 bits per heavy atom. The van der Waals surface area contributed by atoms with E-state index in [1.807, 2.05) is 6.07 Å². The van der Waals surface area contributed by atoms with Gasteiger partial charge in [-0.05, 0) is 31.4 Å². The van der Waals surface area contributed by atoms with Crippen molar-refractivity contribution < 1.29 is 14.3 Å². The standard InChI is InChI=1S/C11H16O3/c1-13-9-5-2-3-7-11(9,12)10-6-4-8-14-10/h4,6,8-9,12H,2-3,5,7H2,1H3. The summed E-state index contributed by atoms with van der Waals surface area (Å²) >= 11 is 0. The van der Waals surface area contributed by atoms with E-state index in [-0.39, 0.29) is 6.10 Å². The molecular weight excluding hydrogens is 180 g/mol. The molecule has 1 heterocycles. The van der Waals surface area contributed by atoms with Crippen LogP contribution in [-0.2, 0) is 10.3 Å². The Balaban J connectivity index is 2.27. The molecule has 0 radical (unpaired) electrons. The fraction of sp³-hybridized carbons (Fsp3) is 0.636. The SMILES string of the molecule is COC1CCCCC1(O)c1ccco1. The number of furan rings is 1. The molecule has 2 atom stereocenters. The van der Waals surface area contributed by atoms with Crippen LogP contribution in [0.25, 0.3) is 0 Å². The van der Waals surface area contributed by atoms with Gasteiger partial charge in [0.15, 0.2) is 0 Å². The molecule has 3 nitrogen and oxygen atoms in total. The van der Waals surface area contributed by atoms with Crippen molar-refractivity contribution in [2.24, 2.45) is 0 Å². The Hall–Kier alpha value is -0.800. The van der Waals surface area contributed by atoms with Crippen LogP contribution in [0.15, 0.2) is 22.8 Å². The summed E-state index contributed by atoms with van der Waals surface area (Å²) in [7, 11) is 1.64. The largest absolute Gasteiger partial charge is 0.466 e. The van der Waals surface area contributed by atoms with Crippen molar-refractivity contribution in [1.82, 2.24) is 0 Å². The normalized spacial score (nSPS) is 33.1. The Bertz CT molecular complexity index is 281. The lowest BCUT2D eigenvalue weighted by atomic mass is 9.80. The van der Waals surface area contributed by atoms with Gasteiger partial charge in [0.1, 0.15) is 11.4 Å². The van der Waals surface area contributed by atoms with Gasteiger partial charge in [-0.1, -0.05) is 6.42 Å². The van der Waals surface area contributed by atoms with E-state index in [1.54, 1.807) is 19.4 Å². The number of methoxy groups -OCH3 is 1. The number of hydrogen-bond donors (Lipinski definition) is 1. The van der Waals surface area contributed by atoms with Crippen LogP contribution in [0, 0.1) is 0 Å². The molecule has 14 heavy (non-hydrogen) atoms. The number of rotatable bonds is 2. The second-order valence-electron chi connectivity index (χ2n) is 3.87. The lowest BCUT2D eigenvalue weighted by molar-refractivity contribution is -0.133.